The minimum absolute atomic E-state index is 0.0359. The van der Waals surface area contributed by atoms with Gasteiger partial charge in [-0.15, -0.1) is 0 Å². The lowest BCUT2D eigenvalue weighted by atomic mass is 10.00. The van der Waals surface area contributed by atoms with E-state index in [1.165, 1.54) is 24.9 Å². The molecule has 5 heteroatoms. The van der Waals surface area contributed by atoms with Crippen LogP contribution in [-0.2, 0) is 4.79 Å². The summed E-state index contributed by atoms with van der Waals surface area (Å²) < 4.78 is 0. The van der Waals surface area contributed by atoms with E-state index in [1.54, 1.807) is 0 Å². The van der Waals surface area contributed by atoms with Crippen molar-refractivity contribution in [1.29, 1.82) is 0 Å². The minimum Gasteiger partial charge on any atom is -0.396 e. The predicted molar refractivity (Wildman–Crippen MR) is 97.4 cm³/mol. The Balaban J connectivity index is 1.52. The number of rotatable bonds is 6. The highest BCUT2D eigenvalue weighted by atomic mass is 16.3. The van der Waals surface area contributed by atoms with Gasteiger partial charge in [-0.2, -0.15) is 0 Å². The zero-order chi connectivity index (χ0) is 16.8. The Bertz CT molecular complexity index is 524. The van der Waals surface area contributed by atoms with Crippen LogP contribution < -0.4 is 10.2 Å². The van der Waals surface area contributed by atoms with Gasteiger partial charge in [-0.1, -0.05) is 6.42 Å². The summed E-state index contributed by atoms with van der Waals surface area (Å²) in [4.78, 5) is 16.9. The van der Waals surface area contributed by atoms with Crippen LogP contribution in [-0.4, -0.2) is 54.7 Å². The third-order valence-electron chi connectivity index (χ3n) is 5.18. The molecule has 1 aromatic carbocycles. The number of benzene rings is 1. The molecule has 0 spiro atoms. The SMILES string of the molecule is O=C(CN1CCCCC1CCO)Nc1ccc(N2CCCC2)cc1. The van der Waals surface area contributed by atoms with Crippen LogP contribution in [0.4, 0.5) is 11.4 Å². The molecule has 1 aromatic rings. The van der Waals surface area contributed by atoms with Crippen molar-refractivity contribution < 1.29 is 9.90 Å². The zero-order valence-electron chi connectivity index (χ0n) is 14.4. The Morgan fingerprint density at radius 3 is 2.50 bits per heavy atom. The van der Waals surface area contributed by atoms with Gasteiger partial charge >= 0.3 is 0 Å². The van der Waals surface area contributed by atoms with Crippen molar-refractivity contribution in [2.24, 2.45) is 0 Å². The Labute approximate surface area is 144 Å². The van der Waals surface area contributed by atoms with Gasteiger partial charge in [0.15, 0.2) is 0 Å². The van der Waals surface area contributed by atoms with Crippen molar-refractivity contribution in [3.63, 3.8) is 0 Å². The molecular weight excluding hydrogens is 302 g/mol. The smallest absolute Gasteiger partial charge is 0.238 e. The number of carbonyl (C=O) groups is 1. The van der Waals surface area contributed by atoms with Crippen LogP contribution in [0.15, 0.2) is 24.3 Å². The Morgan fingerprint density at radius 1 is 1.08 bits per heavy atom. The summed E-state index contributed by atoms with van der Waals surface area (Å²) in [5.41, 5.74) is 2.10. The lowest BCUT2D eigenvalue weighted by Gasteiger charge is -2.34. The van der Waals surface area contributed by atoms with Gasteiger partial charge in [0.25, 0.3) is 0 Å². The highest BCUT2D eigenvalue weighted by Crippen LogP contribution is 2.22. The van der Waals surface area contributed by atoms with Crippen LogP contribution in [0.5, 0.6) is 0 Å². The molecule has 24 heavy (non-hydrogen) atoms. The van der Waals surface area contributed by atoms with Gasteiger partial charge in [-0.25, -0.2) is 0 Å². The predicted octanol–water partition coefficient (Wildman–Crippen LogP) is 2.46. The van der Waals surface area contributed by atoms with Gasteiger partial charge in [0.05, 0.1) is 6.54 Å². The fourth-order valence-corrected chi connectivity index (χ4v) is 3.86. The summed E-state index contributed by atoms with van der Waals surface area (Å²) in [7, 11) is 0. The molecule has 0 aliphatic carbocycles. The van der Waals surface area contributed by atoms with Crippen LogP contribution in [0.3, 0.4) is 0 Å². The number of piperidine rings is 1. The number of nitrogens with one attached hydrogen (secondary N) is 1. The Morgan fingerprint density at radius 2 is 1.79 bits per heavy atom. The Hall–Kier alpha value is -1.59. The van der Waals surface area contributed by atoms with E-state index in [0.29, 0.717) is 12.6 Å². The van der Waals surface area contributed by atoms with E-state index in [-0.39, 0.29) is 12.5 Å². The maximum Gasteiger partial charge on any atom is 0.238 e. The number of likely N-dealkylation sites (tertiary alicyclic amines) is 1. The molecular formula is C19H29N3O2. The minimum atomic E-state index is 0.0359. The number of aliphatic hydroxyl groups excluding tert-OH is 1. The van der Waals surface area contributed by atoms with E-state index in [2.05, 4.69) is 27.2 Å². The monoisotopic (exact) mass is 331 g/mol. The molecule has 2 fully saturated rings. The highest BCUT2D eigenvalue weighted by molar-refractivity contribution is 5.92. The molecule has 3 rings (SSSR count). The quantitative estimate of drug-likeness (QED) is 0.841. The molecule has 2 N–H and O–H groups in total. The maximum absolute atomic E-state index is 12.3. The van der Waals surface area contributed by atoms with Crippen LogP contribution in [0.25, 0.3) is 0 Å². The molecule has 2 saturated heterocycles. The summed E-state index contributed by atoms with van der Waals surface area (Å²) in [6, 6.07) is 8.51. The summed E-state index contributed by atoms with van der Waals surface area (Å²) in [6.07, 6.45) is 6.71. The van der Waals surface area contributed by atoms with Crippen molar-refractivity contribution in [2.75, 3.05) is 43.0 Å². The largest absolute Gasteiger partial charge is 0.396 e. The number of amides is 1. The number of aliphatic hydroxyl groups is 1. The molecule has 2 aliphatic rings. The molecule has 0 aromatic heterocycles. The summed E-state index contributed by atoms with van der Waals surface area (Å²) in [5.74, 6) is 0.0359. The Kier molecular flexibility index (Phi) is 6.10. The van der Waals surface area contributed by atoms with Crippen LogP contribution in [0, 0.1) is 0 Å². The van der Waals surface area contributed by atoms with E-state index in [1.807, 2.05) is 12.1 Å². The average Bonchev–Trinajstić information content (AvgIpc) is 3.12. The maximum atomic E-state index is 12.3. The van der Waals surface area contributed by atoms with E-state index in [4.69, 9.17) is 0 Å². The van der Waals surface area contributed by atoms with Crippen LogP contribution in [0.1, 0.15) is 38.5 Å². The van der Waals surface area contributed by atoms with Crippen molar-refractivity contribution in [3.05, 3.63) is 24.3 Å². The first-order chi connectivity index (χ1) is 11.8. The third kappa shape index (κ3) is 4.48. The topological polar surface area (TPSA) is 55.8 Å². The highest BCUT2D eigenvalue weighted by Gasteiger charge is 2.23. The second-order valence-corrected chi connectivity index (χ2v) is 6.92. The molecule has 2 aliphatic heterocycles. The summed E-state index contributed by atoms with van der Waals surface area (Å²) >= 11 is 0. The van der Waals surface area contributed by atoms with Crippen molar-refractivity contribution in [2.45, 2.75) is 44.6 Å². The molecule has 0 saturated carbocycles. The molecule has 2 heterocycles. The number of hydrogen-bond acceptors (Lipinski definition) is 4. The zero-order valence-corrected chi connectivity index (χ0v) is 14.4. The number of hydrogen-bond donors (Lipinski definition) is 2. The van der Waals surface area contributed by atoms with Gasteiger partial charge in [-0.3, -0.25) is 9.69 Å². The fraction of sp³-hybridized carbons (Fsp3) is 0.632. The average molecular weight is 331 g/mol. The number of anilines is 2. The van der Waals surface area contributed by atoms with Gasteiger partial charge < -0.3 is 15.3 Å². The van der Waals surface area contributed by atoms with Crippen LogP contribution >= 0.6 is 0 Å². The van der Waals surface area contributed by atoms with Gasteiger partial charge in [0, 0.05) is 37.1 Å². The molecule has 1 amide bonds. The second kappa shape index (κ2) is 8.49. The second-order valence-electron chi connectivity index (χ2n) is 6.92. The number of nitrogens with zero attached hydrogens (tertiary/aromatic N) is 2. The van der Waals surface area contributed by atoms with Crippen molar-refractivity contribution in [3.8, 4) is 0 Å². The first kappa shape index (κ1) is 17.2. The lowest BCUT2D eigenvalue weighted by Crippen LogP contribution is -2.44. The first-order valence-corrected chi connectivity index (χ1v) is 9.26. The molecule has 0 bridgehead atoms. The standard InChI is InChI=1S/C19H29N3O2/c23-14-10-17-5-1-2-13-22(17)15-19(24)20-16-6-8-18(9-7-16)21-11-3-4-12-21/h6-9,17,23H,1-5,10-15H2,(H,20,24). The van der Waals surface area contributed by atoms with E-state index in [9.17, 15) is 9.90 Å². The first-order valence-electron chi connectivity index (χ1n) is 9.26. The molecule has 132 valence electrons. The van der Waals surface area contributed by atoms with Crippen molar-refractivity contribution in [1.82, 2.24) is 4.90 Å². The molecule has 5 nitrogen and oxygen atoms in total. The molecule has 0 radical (unpaired) electrons. The van der Waals surface area contributed by atoms with Gasteiger partial charge in [0.2, 0.25) is 5.91 Å². The van der Waals surface area contributed by atoms with Gasteiger partial charge in [-0.05, 0) is 62.9 Å². The molecule has 1 unspecified atom stereocenters. The van der Waals surface area contributed by atoms with Crippen molar-refractivity contribution >= 4 is 17.3 Å². The van der Waals surface area contributed by atoms with Gasteiger partial charge in [0.1, 0.15) is 0 Å². The van der Waals surface area contributed by atoms with E-state index < -0.39 is 0 Å². The van der Waals surface area contributed by atoms with E-state index in [0.717, 1.165) is 44.6 Å². The van der Waals surface area contributed by atoms with E-state index >= 15 is 0 Å². The lowest BCUT2D eigenvalue weighted by molar-refractivity contribution is -0.118. The normalized spacial score (nSPS) is 21.9. The number of carbonyl (C=O) groups excluding carboxylic acids is 1. The fourth-order valence-electron chi connectivity index (χ4n) is 3.86. The van der Waals surface area contributed by atoms with Crippen LogP contribution in [0.2, 0.25) is 0 Å². The summed E-state index contributed by atoms with van der Waals surface area (Å²) in [5, 5.41) is 12.2. The molecule has 1 atom stereocenters. The third-order valence-corrected chi connectivity index (χ3v) is 5.18. The summed E-state index contributed by atoms with van der Waals surface area (Å²) in [6.45, 7) is 3.82.